The first-order valence-electron chi connectivity index (χ1n) is 5.09. The molecular weight excluding hydrogens is 205 g/mol. The summed E-state index contributed by atoms with van der Waals surface area (Å²) in [5.74, 6) is -0.238. The van der Waals surface area contributed by atoms with Gasteiger partial charge in [-0.2, -0.15) is 5.10 Å². The quantitative estimate of drug-likeness (QED) is 0.838. The summed E-state index contributed by atoms with van der Waals surface area (Å²) in [7, 11) is 1.84. The molecule has 0 bridgehead atoms. The summed E-state index contributed by atoms with van der Waals surface area (Å²) in [6, 6.07) is 6.24. The molecular formula is C12H14FN3. The number of hydrogen-bond acceptors (Lipinski definition) is 2. The second kappa shape index (κ2) is 4.06. The first-order chi connectivity index (χ1) is 7.59. The number of benzene rings is 1. The molecule has 2 aromatic rings. The molecule has 0 amide bonds. The molecule has 3 nitrogen and oxygen atoms in total. The van der Waals surface area contributed by atoms with Crippen molar-refractivity contribution in [1.82, 2.24) is 9.78 Å². The zero-order chi connectivity index (χ0) is 11.7. The standard InChI is InChI=1S/C12H14FN3/c1-8-7-9(13)3-4-10(8)12(14)11-5-6-15-16(11)2/h3-7,12H,14H2,1-2H3. The van der Waals surface area contributed by atoms with Crippen LogP contribution >= 0.6 is 0 Å². The van der Waals surface area contributed by atoms with Gasteiger partial charge in [0.15, 0.2) is 0 Å². The highest BCUT2D eigenvalue weighted by Crippen LogP contribution is 2.22. The maximum atomic E-state index is 13.0. The van der Waals surface area contributed by atoms with Crippen molar-refractivity contribution in [2.45, 2.75) is 13.0 Å². The number of nitrogens with two attached hydrogens (primary N) is 1. The van der Waals surface area contributed by atoms with Crippen LogP contribution in [0.1, 0.15) is 22.9 Å². The predicted molar refractivity (Wildman–Crippen MR) is 60.4 cm³/mol. The van der Waals surface area contributed by atoms with Gasteiger partial charge in [-0.25, -0.2) is 4.39 Å². The minimum absolute atomic E-state index is 0.238. The van der Waals surface area contributed by atoms with Crippen LogP contribution in [-0.2, 0) is 7.05 Å². The van der Waals surface area contributed by atoms with E-state index in [4.69, 9.17) is 5.73 Å². The normalized spacial score (nSPS) is 12.8. The van der Waals surface area contributed by atoms with Gasteiger partial charge in [0.05, 0.1) is 11.7 Å². The van der Waals surface area contributed by atoms with Crippen molar-refractivity contribution >= 4 is 0 Å². The second-order valence-electron chi connectivity index (χ2n) is 3.86. The number of aromatic nitrogens is 2. The summed E-state index contributed by atoms with van der Waals surface area (Å²) in [4.78, 5) is 0. The van der Waals surface area contributed by atoms with Crippen molar-refractivity contribution in [3.8, 4) is 0 Å². The molecule has 0 radical (unpaired) electrons. The Morgan fingerprint density at radius 3 is 2.69 bits per heavy atom. The molecule has 0 spiro atoms. The maximum Gasteiger partial charge on any atom is 0.123 e. The fourth-order valence-electron chi connectivity index (χ4n) is 1.84. The Bertz CT molecular complexity index is 505. The van der Waals surface area contributed by atoms with E-state index in [1.54, 1.807) is 16.9 Å². The van der Waals surface area contributed by atoms with Crippen LogP contribution in [0.2, 0.25) is 0 Å². The highest BCUT2D eigenvalue weighted by molar-refractivity contribution is 5.34. The Kier molecular flexibility index (Phi) is 2.75. The molecule has 1 heterocycles. The van der Waals surface area contributed by atoms with Crippen LogP contribution in [0, 0.1) is 12.7 Å². The second-order valence-corrected chi connectivity index (χ2v) is 3.86. The highest BCUT2D eigenvalue weighted by Gasteiger charge is 2.14. The van der Waals surface area contributed by atoms with Gasteiger partial charge in [-0.05, 0) is 36.2 Å². The third-order valence-corrected chi connectivity index (χ3v) is 2.74. The lowest BCUT2D eigenvalue weighted by molar-refractivity contribution is 0.622. The molecule has 1 atom stereocenters. The minimum Gasteiger partial charge on any atom is -0.319 e. The van der Waals surface area contributed by atoms with Crippen LogP contribution in [0.4, 0.5) is 4.39 Å². The van der Waals surface area contributed by atoms with Crippen LogP contribution in [0.5, 0.6) is 0 Å². The molecule has 2 N–H and O–H groups in total. The largest absolute Gasteiger partial charge is 0.319 e. The van der Waals surface area contributed by atoms with Gasteiger partial charge in [-0.15, -0.1) is 0 Å². The molecule has 4 heteroatoms. The molecule has 0 aliphatic heterocycles. The molecule has 0 fully saturated rings. The maximum absolute atomic E-state index is 13.0. The Labute approximate surface area is 93.7 Å². The lowest BCUT2D eigenvalue weighted by Crippen LogP contribution is -2.17. The van der Waals surface area contributed by atoms with E-state index in [9.17, 15) is 4.39 Å². The van der Waals surface area contributed by atoms with E-state index in [2.05, 4.69) is 5.10 Å². The van der Waals surface area contributed by atoms with Crippen LogP contribution in [-0.4, -0.2) is 9.78 Å². The van der Waals surface area contributed by atoms with Gasteiger partial charge in [-0.3, -0.25) is 4.68 Å². The number of halogens is 1. The summed E-state index contributed by atoms with van der Waals surface area (Å²) in [6.07, 6.45) is 1.70. The van der Waals surface area contributed by atoms with Gasteiger partial charge < -0.3 is 5.73 Å². The molecule has 0 aliphatic rings. The first-order valence-corrected chi connectivity index (χ1v) is 5.09. The summed E-state index contributed by atoms with van der Waals surface area (Å²) in [5.41, 5.74) is 8.82. The molecule has 1 aromatic carbocycles. The van der Waals surface area contributed by atoms with E-state index in [1.165, 1.54) is 12.1 Å². The average Bonchev–Trinajstić information content (AvgIpc) is 2.63. The Balaban J connectivity index is 2.41. The summed E-state index contributed by atoms with van der Waals surface area (Å²) in [6.45, 7) is 1.86. The fourth-order valence-corrected chi connectivity index (χ4v) is 1.84. The topological polar surface area (TPSA) is 43.8 Å². The number of hydrogen-bond donors (Lipinski definition) is 1. The van der Waals surface area contributed by atoms with Crippen LogP contribution in [0.25, 0.3) is 0 Å². The molecule has 1 unspecified atom stereocenters. The minimum atomic E-state index is -0.270. The van der Waals surface area contributed by atoms with Gasteiger partial charge in [0, 0.05) is 13.2 Å². The molecule has 16 heavy (non-hydrogen) atoms. The molecule has 0 aliphatic carbocycles. The Morgan fingerprint density at radius 1 is 1.38 bits per heavy atom. The van der Waals surface area contributed by atoms with E-state index in [1.807, 2.05) is 20.0 Å². The first kappa shape index (κ1) is 10.8. The van der Waals surface area contributed by atoms with Gasteiger partial charge in [0.1, 0.15) is 5.82 Å². The average molecular weight is 219 g/mol. The third kappa shape index (κ3) is 1.84. The summed E-state index contributed by atoms with van der Waals surface area (Å²) >= 11 is 0. The predicted octanol–water partition coefficient (Wildman–Crippen LogP) is 1.92. The van der Waals surface area contributed by atoms with Crippen molar-refractivity contribution in [2.75, 3.05) is 0 Å². The fraction of sp³-hybridized carbons (Fsp3) is 0.250. The van der Waals surface area contributed by atoms with Gasteiger partial charge in [-0.1, -0.05) is 6.07 Å². The van der Waals surface area contributed by atoms with Crippen LogP contribution in [0.3, 0.4) is 0 Å². The van der Waals surface area contributed by atoms with Gasteiger partial charge >= 0.3 is 0 Å². The van der Waals surface area contributed by atoms with Gasteiger partial charge in [0.2, 0.25) is 0 Å². The number of aryl methyl sites for hydroxylation is 2. The van der Waals surface area contributed by atoms with Crippen molar-refractivity contribution < 1.29 is 4.39 Å². The zero-order valence-electron chi connectivity index (χ0n) is 9.31. The Hall–Kier alpha value is -1.68. The molecule has 0 saturated heterocycles. The van der Waals surface area contributed by atoms with Crippen LogP contribution < -0.4 is 5.73 Å². The lowest BCUT2D eigenvalue weighted by atomic mass is 9.99. The van der Waals surface area contributed by atoms with E-state index in [-0.39, 0.29) is 11.9 Å². The monoisotopic (exact) mass is 219 g/mol. The SMILES string of the molecule is Cc1cc(F)ccc1C(N)c1ccnn1C. The van der Waals surface area contributed by atoms with E-state index >= 15 is 0 Å². The number of rotatable bonds is 2. The highest BCUT2D eigenvalue weighted by atomic mass is 19.1. The van der Waals surface area contributed by atoms with E-state index in [0.29, 0.717) is 0 Å². The van der Waals surface area contributed by atoms with Crippen molar-refractivity contribution in [2.24, 2.45) is 12.8 Å². The van der Waals surface area contributed by atoms with Crippen molar-refractivity contribution in [3.05, 3.63) is 53.1 Å². The molecule has 84 valence electrons. The number of nitrogens with zero attached hydrogens (tertiary/aromatic N) is 2. The van der Waals surface area contributed by atoms with Crippen molar-refractivity contribution in [1.29, 1.82) is 0 Å². The molecule has 2 rings (SSSR count). The smallest absolute Gasteiger partial charge is 0.123 e. The molecule has 1 aromatic heterocycles. The Morgan fingerprint density at radius 2 is 2.12 bits per heavy atom. The van der Waals surface area contributed by atoms with Crippen LogP contribution in [0.15, 0.2) is 30.5 Å². The van der Waals surface area contributed by atoms with E-state index < -0.39 is 0 Å². The zero-order valence-corrected chi connectivity index (χ0v) is 9.31. The lowest BCUT2D eigenvalue weighted by Gasteiger charge is -2.15. The molecule has 0 saturated carbocycles. The summed E-state index contributed by atoms with van der Waals surface area (Å²) < 4.78 is 14.7. The van der Waals surface area contributed by atoms with Crippen molar-refractivity contribution in [3.63, 3.8) is 0 Å². The van der Waals surface area contributed by atoms with E-state index in [0.717, 1.165) is 16.8 Å². The van der Waals surface area contributed by atoms with Gasteiger partial charge in [0.25, 0.3) is 0 Å². The third-order valence-electron chi connectivity index (χ3n) is 2.74. The summed E-state index contributed by atoms with van der Waals surface area (Å²) in [5, 5.41) is 4.07.